The first-order valence-corrected chi connectivity index (χ1v) is 4.64. The third kappa shape index (κ3) is 1.92. The molecule has 1 aliphatic rings. The van der Waals surface area contributed by atoms with Crippen LogP contribution in [0.2, 0.25) is 0 Å². The smallest absolute Gasteiger partial charge is 0.243 e. The normalized spacial score (nSPS) is 27.0. The van der Waals surface area contributed by atoms with Crippen LogP contribution in [0.15, 0.2) is 4.52 Å². The maximum absolute atomic E-state index is 9.28. The largest absolute Gasteiger partial charge is 0.396 e. The Balaban J connectivity index is 2.02. The van der Waals surface area contributed by atoms with Crippen LogP contribution in [0.25, 0.3) is 0 Å². The van der Waals surface area contributed by atoms with Crippen LogP contribution in [0.1, 0.15) is 24.2 Å². The highest BCUT2D eigenvalue weighted by Gasteiger charge is 2.27. The van der Waals surface area contributed by atoms with E-state index in [0.717, 1.165) is 0 Å². The second-order valence-corrected chi connectivity index (χ2v) is 3.37. The molecule has 0 unspecified atom stereocenters. The molecule has 1 fully saturated rings. The molecule has 2 heterocycles. The first-order valence-electron chi connectivity index (χ1n) is 4.64. The number of nitrogens with zero attached hydrogens (tertiary/aromatic N) is 2. The lowest BCUT2D eigenvalue weighted by molar-refractivity contribution is 0.191. The quantitative estimate of drug-likeness (QED) is 0.578. The summed E-state index contributed by atoms with van der Waals surface area (Å²) < 4.78 is 5.00. The Labute approximate surface area is 80.9 Å². The van der Waals surface area contributed by atoms with E-state index in [9.17, 15) is 5.11 Å². The van der Waals surface area contributed by atoms with Crippen LogP contribution in [0.3, 0.4) is 0 Å². The zero-order valence-electron chi connectivity index (χ0n) is 7.68. The van der Waals surface area contributed by atoms with Gasteiger partial charge in [0.25, 0.3) is 0 Å². The van der Waals surface area contributed by atoms with Gasteiger partial charge < -0.3 is 20.1 Å². The minimum Gasteiger partial charge on any atom is -0.396 e. The highest BCUT2D eigenvalue weighted by Crippen LogP contribution is 2.21. The molecule has 1 aromatic heterocycles. The van der Waals surface area contributed by atoms with Crippen molar-refractivity contribution in [2.24, 2.45) is 0 Å². The van der Waals surface area contributed by atoms with Crippen molar-refractivity contribution in [3.05, 3.63) is 11.7 Å². The summed E-state index contributed by atoms with van der Waals surface area (Å²) in [4.78, 5) is 4.11. The van der Waals surface area contributed by atoms with E-state index in [2.05, 4.69) is 15.5 Å². The van der Waals surface area contributed by atoms with Crippen molar-refractivity contribution in [3.63, 3.8) is 0 Å². The van der Waals surface area contributed by atoms with E-state index in [0.29, 0.717) is 31.1 Å². The highest BCUT2D eigenvalue weighted by molar-refractivity contribution is 4.97. The Morgan fingerprint density at radius 1 is 1.57 bits per heavy atom. The van der Waals surface area contributed by atoms with E-state index in [1.165, 1.54) is 0 Å². The van der Waals surface area contributed by atoms with Gasteiger partial charge in [-0.1, -0.05) is 5.16 Å². The molecule has 6 heteroatoms. The lowest BCUT2D eigenvalue weighted by Crippen LogP contribution is -2.15. The van der Waals surface area contributed by atoms with Crippen molar-refractivity contribution in [1.29, 1.82) is 0 Å². The molecule has 2 rings (SSSR count). The zero-order valence-corrected chi connectivity index (χ0v) is 7.68. The molecule has 14 heavy (non-hydrogen) atoms. The summed E-state index contributed by atoms with van der Waals surface area (Å²) in [5.41, 5.74) is 0. The fraction of sp³-hybridized carbons (Fsp3) is 0.750. The number of rotatable bonds is 3. The van der Waals surface area contributed by atoms with Gasteiger partial charge in [0, 0.05) is 13.0 Å². The number of hydrogen-bond acceptors (Lipinski definition) is 6. The predicted molar refractivity (Wildman–Crippen MR) is 46.5 cm³/mol. The average Bonchev–Trinajstić information content (AvgIpc) is 2.74. The summed E-state index contributed by atoms with van der Waals surface area (Å²) in [6.45, 7) is 0.572. The van der Waals surface area contributed by atoms with Crippen LogP contribution in [-0.4, -0.2) is 39.6 Å². The molecule has 0 radical (unpaired) electrons. The van der Waals surface area contributed by atoms with E-state index in [4.69, 9.17) is 9.63 Å². The monoisotopic (exact) mass is 199 g/mol. The minimum atomic E-state index is -0.340. The SMILES string of the molecule is OCCc1noc([C@H]2C[C@H](O)CN2)n1. The molecule has 0 aliphatic carbocycles. The zero-order chi connectivity index (χ0) is 9.97. The fourth-order valence-electron chi connectivity index (χ4n) is 1.52. The van der Waals surface area contributed by atoms with Crippen LogP contribution >= 0.6 is 0 Å². The van der Waals surface area contributed by atoms with Gasteiger partial charge in [0.2, 0.25) is 5.89 Å². The second kappa shape index (κ2) is 4.04. The molecule has 78 valence electrons. The van der Waals surface area contributed by atoms with Crippen molar-refractivity contribution >= 4 is 0 Å². The van der Waals surface area contributed by atoms with Gasteiger partial charge in [-0.15, -0.1) is 0 Å². The summed E-state index contributed by atoms with van der Waals surface area (Å²) in [6, 6.07) is -0.0510. The van der Waals surface area contributed by atoms with Crippen molar-refractivity contribution in [2.45, 2.75) is 25.0 Å². The number of β-amino-alcohol motifs (C(OH)–C–C–N with tert-alkyl or cyclic N) is 1. The molecule has 2 atom stereocenters. The molecule has 1 aliphatic heterocycles. The summed E-state index contributed by atoms with van der Waals surface area (Å²) in [7, 11) is 0. The topological polar surface area (TPSA) is 91.4 Å². The van der Waals surface area contributed by atoms with Crippen LogP contribution in [0, 0.1) is 0 Å². The Morgan fingerprint density at radius 2 is 2.43 bits per heavy atom. The van der Waals surface area contributed by atoms with Gasteiger partial charge in [-0.3, -0.25) is 0 Å². The maximum Gasteiger partial charge on any atom is 0.243 e. The molecular formula is C8H13N3O3. The van der Waals surface area contributed by atoms with Gasteiger partial charge in [-0.05, 0) is 6.42 Å². The van der Waals surface area contributed by atoms with Crippen molar-refractivity contribution in [2.75, 3.05) is 13.2 Å². The van der Waals surface area contributed by atoms with Crippen LogP contribution in [0.4, 0.5) is 0 Å². The van der Waals surface area contributed by atoms with Crippen molar-refractivity contribution in [1.82, 2.24) is 15.5 Å². The molecule has 0 spiro atoms. The molecular weight excluding hydrogens is 186 g/mol. The van der Waals surface area contributed by atoms with Crippen LogP contribution < -0.4 is 5.32 Å². The Kier molecular flexibility index (Phi) is 2.76. The fourth-order valence-corrected chi connectivity index (χ4v) is 1.52. The molecule has 1 aromatic rings. The summed E-state index contributed by atoms with van der Waals surface area (Å²) in [5, 5.41) is 24.7. The number of nitrogens with one attached hydrogen (secondary N) is 1. The summed E-state index contributed by atoms with van der Waals surface area (Å²) in [5.74, 6) is 0.996. The number of aromatic nitrogens is 2. The van der Waals surface area contributed by atoms with Crippen LogP contribution in [-0.2, 0) is 6.42 Å². The van der Waals surface area contributed by atoms with Gasteiger partial charge in [0.05, 0.1) is 18.8 Å². The van der Waals surface area contributed by atoms with Gasteiger partial charge in [0.15, 0.2) is 5.82 Å². The molecule has 6 nitrogen and oxygen atoms in total. The lowest BCUT2D eigenvalue weighted by Gasteiger charge is -2.01. The lowest BCUT2D eigenvalue weighted by atomic mass is 10.2. The minimum absolute atomic E-state index is 0.0136. The second-order valence-electron chi connectivity index (χ2n) is 3.37. The van der Waals surface area contributed by atoms with E-state index in [-0.39, 0.29) is 18.8 Å². The highest BCUT2D eigenvalue weighted by atomic mass is 16.5. The van der Waals surface area contributed by atoms with E-state index >= 15 is 0 Å². The van der Waals surface area contributed by atoms with Gasteiger partial charge in [0.1, 0.15) is 0 Å². The van der Waals surface area contributed by atoms with E-state index in [1.54, 1.807) is 0 Å². The van der Waals surface area contributed by atoms with E-state index in [1.807, 2.05) is 0 Å². The van der Waals surface area contributed by atoms with Gasteiger partial charge >= 0.3 is 0 Å². The third-order valence-corrected chi connectivity index (χ3v) is 2.22. The number of hydrogen-bond donors (Lipinski definition) is 3. The van der Waals surface area contributed by atoms with Crippen molar-refractivity contribution in [3.8, 4) is 0 Å². The Hall–Kier alpha value is -0.980. The molecule has 3 N–H and O–H groups in total. The first-order chi connectivity index (χ1) is 6.79. The molecule has 0 aromatic carbocycles. The first kappa shape index (κ1) is 9.57. The maximum atomic E-state index is 9.28. The van der Waals surface area contributed by atoms with Gasteiger partial charge in [-0.2, -0.15) is 4.98 Å². The molecule has 1 saturated heterocycles. The standard InChI is InChI=1S/C8H13N3O3/c12-2-1-7-10-8(14-11-7)6-3-5(13)4-9-6/h5-6,9,12-13H,1-4H2/t5-,6+/m0/s1. The predicted octanol–water partition coefficient (Wildman–Crippen LogP) is -1.00. The molecule has 0 amide bonds. The third-order valence-electron chi connectivity index (χ3n) is 2.22. The Bertz CT molecular complexity index is 302. The Morgan fingerprint density at radius 3 is 3.07 bits per heavy atom. The van der Waals surface area contributed by atoms with Crippen molar-refractivity contribution < 1.29 is 14.7 Å². The van der Waals surface area contributed by atoms with E-state index < -0.39 is 0 Å². The average molecular weight is 199 g/mol. The molecule has 0 bridgehead atoms. The molecule has 0 saturated carbocycles. The summed E-state index contributed by atoms with van der Waals surface area (Å²) in [6.07, 6.45) is 0.660. The summed E-state index contributed by atoms with van der Waals surface area (Å²) >= 11 is 0. The number of aliphatic hydroxyl groups is 2. The van der Waals surface area contributed by atoms with Crippen LogP contribution in [0.5, 0.6) is 0 Å². The van der Waals surface area contributed by atoms with Gasteiger partial charge in [-0.25, -0.2) is 0 Å². The number of aliphatic hydroxyl groups excluding tert-OH is 2.